The van der Waals surface area contributed by atoms with Crippen molar-refractivity contribution in [1.82, 2.24) is 14.9 Å². The van der Waals surface area contributed by atoms with Crippen molar-refractivity contribution >= 4 is 22.2 Å². The van der Waals surface area contributed by atoms with Crippen LogP contribution in [0.4, 0.5) is 0 Å². The Morgan fingerprint density at radius 1 is 1.56 bits per heavy atom. The van der Waals surface area contributed by atoms with Crippen molar-refractivity contribution in [2.24, 2.45) is 0 Å². The lowest BCUT2D eigenvalue weighted by atomic mass is 10.3. The van der Waals surface area contributed by atoms with E-state index in [2.05, 4.69) is 10.5 Å². The molecule has 0 atom stereocenters. The molecule has 6 nitrogen and oxygen atoms in total. The number of thiazole rings is 1. The minimum atomic E-state index is -0.584. The largest absolute Gasteiger partial charge is 0.282 e. The van der Waals surface area contributed by atoms with Crippen molar-refractivity contribution < 1.29 is 9.63 Å². The van der Waals surface area contributed by atoms with Gasteiger partial charge in [-0.25, -0.2) is 10.5 Å². The number of hydrogen-bond donors (Lipinski definition) is 1. The van der Waals surface area contributed by atoms with E-state index in [1.54, 1.807) is 20.0 Å². The Kier molecular flexibility index (Phi) is 3.44. The van der Waals surface area contributed by atoms with Crippen LogP contribution in [0.25, 0.3) is 4.96 Å². The van der Waals surface area contributed by atoms with Crippen LogP contribution in [-0.2, 0) is 4.84 Å². The third kappa shape index (κ3) is 2.41. The van der Waals surface area contributed by atoms with E-state index in [0.29, 0.717) is 4.96 Å². The topological polar surface area (TPSA) is 72.7 Å². The summed E-state index contributed by atoms with van der Waals surface area (Å²) in [5.74, 6) is -0.584. The van der Waals surface area contributed by atoms with Crippen LogP contribution >= 0.6 is 11.3 Å². The normalized spacial score (nSPS) is 11.1. The molecule has 0 aliphatic heterocycles. The number of aryl methyl sites for hydroxylation is 1. The zero-order valence-corrected chi connectivity index (χ0v) is 11.1. The Labute approximate surface area is 107 Å². The molecule has 7 heteroatoms. The molecule has 1 N–H and O–H groups in total. The molecule has 0 saturated carbocycles. The Hall–Kier alpha value is -1.73. The molecule has 0 radical (unpaired) electrons. The minimum Gasteiger partial charge on any atom is -0.271 e. The minimum absolute atomic E-state index is 0.0362. The molecule has 0 saturated heterocycles. The fraction of sp³-hybridized carbons (Fsp3) is 0.364. The number of rotatable bonds is 3. The van der Waals surface area contributed by atoms with Gasteiger partial charge in [0.15, 0.2) is 4.96 Å². The second-order valence-corrected chi connectivity index (χ2v) is 5.28. The lowest BCUT2D eigenvalue weighted by Crippen LogP contribution is -2.32. The van der Waals surface area contributed by atoms with E-state index >= 15 is 0 Å². The fourth-order valence-corrected chi connectivity index (χ4v) is 2.16. The van der Waals surface area contributed by atoms with Gasteiger partial charge in [0.05, 0.1) is 6.10 Å². The molecule has 2 heterocycles. The van der Waals surface area contributed by atoms with Crippen molar-refractivity contribution in [3.63, 3.8) is 0 Å². The van der Waals surface area contributed by atoms with Crippen LogP contribution in [0.1, 0.15) is 29.1 Å². The number of aromatic nitrogens is 2. The van der Waals surface area contributed by atoms with Gasteiger partial charge in [0, 0.05) is 17.3 Å². The number of hydrogen-bond acceptors (Lipinski definition) is 5. The summed E-state index contributed by atoms with van der Waals surface area (Å²) in [4.78, 5) is 34.3. The average molecular weight is 267 g/mol. The molecule has 0 fully saturated rings. The zero-order chi connectivity index (χ0) is 13.3. The summed E-state index contributed by atoms with van der Waals surface area (Å²) in [5.41, 5.74) is 1.79. The summed E-state index contributed by atoms with van der Waals surface area (Å²) in [5, 5.41) is 0. The first-order valence-electron chi connectivity index (χ1n) is 5.43. The molecule has 0 bridgehead atoms. The van der Waals surface area contributed by atoms with Gasteiger partial charge in [-0.15, -0.1) is 11.3 Å². The van der Waals surface area contributed by atoms with Crippen LogP contribution in [0.5, 0.6) is 0 Å². The molecule has 0 aliphatic carbocycles. The Balaban J connectivity index is 2.37. The first-order chi connectivity index (χ1) is 8.49. The number of fused-ring (bicyclic) bond motifs is 1. The Morgan fingerprint density at radius 3 is 2.94 bits per heavy atom. The summed E-state index contributed by atoms with van der Waals surface area (Å²) in [6, 6.07) is 0. The maximum atomic E-state index is 12.0. The summed E-state index contributed by atoms with van der Waals surface area (Å²) in [6.07, 6.45) is 2.78. The summed E-state index contributed by atoms with van der Waals surface area (Å²) in [7, 11) is 0. The highest BCUT2D eigenvalue weighted by Gasteiger charge is 2.14. The van der Waals surface area contributed by atoms with Crippen LogP contribution in [0.3, 0.4) is 0 Å². The van der Waals surface area contributed by atoms with Gasteiger partial charge in [-0.3, -0.25) is 18.8 Å². The molecule has 1 amide bonds. The van der Waals surface area contributed by atoms with Crippen molar-refractivity contribution in [1.29, 1.82) is 0 Å². The van der Waals surface area contributed by atoms with Gasteiger partial charge in [-0.1, -0.05) is 0 Å². The first-order valence-corrected chi connectivity index (χ1v) is 6.24. The predicted octanol–water partition coefficient (Wildman–Crippen LogP) is 1.13. The van der Waals surface area contributed by atoms with Crippen LogP contribution in [0.15, 0.2) is 17.2 Å². The van der Waals surface area contributed by atoms with Crippen molar-refractivity contribution in [2.45, 2.75) is 26.9 Å². The summed E-state index contributed by atoms with van der Waals surface area (Å²) in [6.45, 7) is 5.42. The van der Waals surface area contributed by atoms with Crippen LogP contribution in [0.2, 0.25) is 0 Å². The molecule has 2 aromatic rings. The monoisotopic (exact) mass is 267 g/mol. The van der Waals surface area contributed by atoms with E-state index in [1.807, 2.05) is 6.92 Å². The number of nitrogens with one attached hydrogen (secondary N) is 1. The SMILES string of the molecule is Cc1cn2c(=O)c(C(=O)NOC(C)C)cnc2s1. The summed E-state index contributed by atoms with van der Waals surface area (Å²) < 4.78 is 1.37. The highest BCUT2D eigenvalue weighted by Crippen LogP contribution is 2.12. The molecule has 0 aliphatic rings. The summed E-state index contributed by atoms with van der Waals surface area (Å²) >= 11 is 1.39. The molecule has 2 rings (SSSR count). The number of nitrogens with zero attached hydrogens (tertiary/aromatic N) is 2. The van der Waals surface area contributed by atoms with Crippen molar-refractivity contribution in [2.75, 3.05) is 0 Å². The molecule has 0 aromatic carbocycles. The van der Waals surface area contributed by atoms with E-state index < -0.39 is 11.5 Å². The van der Waals surface area contributed by atoms with Crippen LogP contribution < -0.4 is 11.0 Å². The lowest BCUT2D eigenvalue weighted by molar-refractivity contribution is 0.0000539. The van der Waals surface area contributed by atoms with Gasteiger partial charge in [0.1, 0.15) is 5.56 Å². The Bertz CT molecular complexity index is 645. The van der Waals surface area contributed by atoms with Gasteiger partial charge < -0.3 is 0 Å². The van der Waals surface area contributed by atoms with Gasteiger partial charge in [-0.2, -0.15) is 0 Å². The third-order valence-electron chi connectivity index (χ3n) is 2.15. The van der Waals surface area contributed by atoms with E-state index in [9.17, 15) is 9.59 Å². The number of carbonyl (C=O) groups excluding carboxylic acids is 1. The average Bonchev–Trinajstić information content (AvgIpc) is 2.68. The molecular formula is C11H13N3O3S. The Morgan fingerprint density at radius 2 is 2.28 bits per heavy atom. The number of hydroxylamine groups is 1. The first kappa shape index (κ1) is 12.7. The fourth-order valence-electron chi connectivity index (χ4n) is 1.38. The van der Waals surface area contributed by atoms with Crippen LogP contribution in [0, 0.1) is 6.92 Å². The molecule has 18 heavy (non-hydrogen) atoms. The van der Waals surface area contributed by atoms with E-state index in [4.69, 9.17) is 4.84 Å². The third-order valence-corrected chi connectivity index (χ3v) is 3.07. The van der Waals surface area contributed by atoms with Crippen molar-refractivity contribution in [3.05, 3.63) is 33.2 Å². The predicted molar refractivity (Wildman–Crippen MR) is 67.8 cm³/mol. The van der Waals surface area contributed by atoms with Gasteiger partial charge in [0.2, 0.25) is 0 Å². The smallest absolute Gasteiger partial charge is 0.271 e. The van der Waals surface area contributed by atoms with E-state index in [-0.39, 0.29) is 11.7 Å². The molecule has 96 valence electrons. The number of carbonyl (C=O) groups is 1. The zero-order valence-electron chi connectivity index (χ0n) is 10.3. The highest BCUT2D eigenvalue weighted by atomic mass is 32.1. The molecule has 0 spiro atoms. The quantitative estimate of drug-likeness (QED) is 0.846. The van der Waals surface area contributed by atoms with Gasteiger partial charge in [0.25, 0.3) is 11.5 Å². The van der Waals surface area contributed by atoms with Crippen molar-refractivity contribution in [3.8, 4) is 0 Å². The number of amides is 1. The van der Waals surface area contributed by atoms with Gasteiger partial charge >= 0.3 is 0 Å². The maximum absolute atomic E-state index is 12.0. The lowest BCUT2D eigenvalue weighted by Gasteiger charge is -2.07. The highest BCUT2D eigenvalue weighted by molar-refractivity contribution is 7.16. The van der Waals surface area contributed by atoms with E-state index in [1.165, 1.54) is 21.9 Å². The molecule has 0 unspecified atom stereocenters. The molecule has 2 aromatic heterocycles. The van der Waals surface area contributed by atoms with E-state index in [0.717, 1.165) is 4.88 Å². The second kappa shape index (κ2) is 4.87. The molecular weight excluding hydrogens is 254 g/mol. The van der Waals surface area contributed by atoms with Crippen LogP contribution in [-0.4, -0.2) is 21.4 Å². The maximum Gasteiger partial charge on any atom is 0.282 e. The second-order valence-electron chi connectivity index (χ2n) is 4.07. The van der Waals surface area contributed by atoms with Gasteiger partial charge in [-0.05, 0) is 20.8 Å². The standard InChI is InChI=1S/C11H13N3O3S/c1-6(2)17-13-9(15)8-4-12-11-14(10(8)16)5-7(3)18-11/h4-6H,1-3H3,(H,13,15).